The molecule has 0 N–H and O–H groups in total. The SMILES string of the molecule is CC(C)(C)OC(=O)N1C(COc2cc(Cl)c(-c3nnc(-c4cc(F)cc(Br)c4)s3)cc2F)COC1(C)C. The van der Waals surface area contributed by atoms with E-state index in [1.807, 2.05) is 0 Å². The second-order valence-corrected chi connectivity index (χ2v) is 12.2. The summed E-state index contributed by atoms with van der Waals surface area (Å²) in [4.78, 5) is 14.3. The van der Waals surface area contributed by atoms with E-state index < -0.39 is 35.1 Å². The largest absolute Gasteiger partial charge is 0.488 e. The van der Waals surface area contributed by atoms with Gasteiger partial charge < -0.3 is 14.2 Å². The van der Waals surface area contributed by atoms with Gasteiger partial charge in [0.15, 0.2) is 11.6 Å². The lowest BCUT2D eigenvalue weighted by atomic mass is 10.2. The molecule has 7 nitrogen and oxygen atoms in total. The Bertz CT molecular complexity index is 1310. The molecule has 1 fully saturated rings. The highest BCUT2D eigenvalue weighted by Crippen LogP contribution is 2.38. The Morgan fingerprint density at radius 1 is 1.22 bits per heavy atom. The summed E-state index contributed by atoms with van der Waals surface area (Å²) in [6, 6.07) is 6.44. The van der Waals surface area contributed by atoms with Gasteiger partial charge in [-0.2, -0.15) is 0 Å². The number of carbonyl (C=O) groups is 1. The van der Waals surface area contributed by atoms with E-state index in [4.69, 9.17) is 25.8 Å². The molecule has 12 heteroatoms. The monoisotopic (exact) mass is 615 g/mol. The van der Waals surface area contributed by atoms with Crippen LogP contribution >= 0.6 is 38.9 Å². The van der Waals surface area contributed by atoms with Gasteiger partial charge in [0.1, 0.15) is 33.8 Å². The third-order valence-electron chi connectivity index (χ3n) is 5.38. The molecule has 2 aromatic carbocycles. The molecule has 1 saturated heterocycles. The zero-order valence-corrected chi connectivity index (χ0v) is 23.9. The van der Waals surface area contributed by atoms with Crippen molar-refractivity contribution in [3.8, 4) is 26.9 Å². The number of halogens is 4. The van der Waals surface area contributed by atoms with E-state index in [0.717, 1.165) is 11.3 Å². The summed E-state index contributed by atoms with van der Waals surface area (Å²) in [5.41, 5.74) is -0.745. The van der Waals surface area contributed by atoms with Gasteiger partial charge in [-0.3, -0.25) is 4.90 Å². The molecule has 1 atom stereocenters. The van der Waals surface area contributed by atoms with Crippen LogP contribution in [0.5, 0.6) is 5.75 Å². The molecule has 0 bridgehead atoms. The highest BCUT2D eigenvalue weighted by Gasteiger charge is 2.46. The van der Waals surface area contributed by atoms with Gasteiger partial charge >= 0.3 is 6.09 Å². The van der Waals surface area contributed by atoms with Crippen molar-refractivity contribution >= 4 is 45.0 Å². The van der Waals surface area contributed by atoms with Gasteiger partial charge in [0.25, 0.3) is 0 Å². The zero-order chi connectivity index (χ0) is 27.1. The van der Waals surface area contributed by atoms with Crippen LogP contribution in [0, 0.1) is 11.6 Å². The van der Waals surface area contributed by atoms with Crippen LogP contribution in [0.15, 0.2) is 34.8 Å². The topological polar surface area (TPSA) is 73.8 Å². The second kappa shape index (κ2) is 10.4. The van der Waals surface area contributed by atoms with E-state index in [9.17, 15) is 9.18 Å². The van der Waals surface area contributed by atoms with E-state index in [-0.39, 0.29) is 24.0 Å². The van der Waals surface area contributed by atoms with Gasteiger partial charge in [-0.25, -0.2) is 13.6 Å². The lowest BCUT2D eigenvalue weighted by Gasteiger charge is -2.35. The summed E-state index contributed by atoms with van der Waals surface area (Å²) in [5, 5.41) is 9.22. The average Bonchev–Trinajstić information content (AvgIpc) is 3.36. The number of hydrogen-bond acceptors (Lipinski definition) is 7. The van der Waals surface area contributed by atoms with E-state index in [0.29, 0.717) is 25.6 Å². The molecule has 1 amide bonds. The van der Waals surface area contributed by atoms with Crippen molar-refractivity contribution < 1.29 is 27.8 Å². The van der Waals surface area contributed by atoms with Crippen LogP contribution in [0.3, 0.4) is 0 Å². The highest BCUT2D eigenvalue weighted by molar-refractivity contribution is 9.10. The molecule has 0 spiro atoms. The lowest BCUT2D eigenvalue weighted by molar-refractivity contribution is -0.0637. The minimum atomic E-state index is -0.913. The summed E-state index contributed by atoms with van der Waals surface area (Å²) in [7, 11) is 0. The standard InChI is InChI=1S/C25H25BrClF2N3O4S/c1-24(2,3)36-23(33)32-16(12-35-25(32,4)5)11-34-20-10-18(27)17(9-19(20)29)22-31-30-21(37-22)13-6-14(26)8-15(28)7-13/h6-10,16H,11-12H2,1-5H3. The van der Waals surface area contributed by atoms with Crippen LogP contribution in [0.4, 0.5) is 13.6 Å². The Hall–Kier alpha value is -2.34. The van der Waals surface area contributed by atoms with Crippen LogP contribution in [0.1, 0.15) is 34.6 Å². The Morgan fingerprint density at radius 2 is 1.92 bits per heavy atom. The molecule has 0 saturated carbocycles. The predicted molar refractivity (Wildman–Crippen MR) is 141 cm³/mol. The first-order valence-corrected chi connectivity index (χ1v) is 13.3. The van der Waals surface area contributed by atoms with Crippen LogP contribution in [-0.4, -0.2) is 51.8 Å². The van der Waals surface area contributed by atoms with E-state index in [1.54, 1.807) is 40.7 Å². The van der Waals surface area contributed by atoms with E-state index >= 15 is 4.39 Å². The van der Waals surface area contributed by atoms with Crippen molar-refractivity contribution in [3.63, 3.8) is 0 Å². The van der Waals surface area contributed by atoms with E-state index in [2.05, 4.69) is 26.1 Å². The van der Waals surface area contributed by atoms with Gasteiger partial charge in [0.2, 0.25) is 0 Å². The number of nitrogens with zero attached hydrogens (tertiary/aromatic N) is 3. The van der Waals surface area contributed by atoms with Crippen LogP contribution in [-0.2, 0) is 9.47 Å². The molecule has 37 heavy (non-hydrogen) atoms. The Kier molecular flexibility index (Phi) is 7.81. The van der Waals surface area contributed by atoms with Crippen molar-refractivity contribution in [2.45, 2.75) is 52.0 Å². The molecule has 4 rings (SSSR count). The van der Waals surface area contributed by atoms with Crippen LogP contribution < -0.4 is 4.74 Å². The number of hydrogen-bond donors (Lipinski definition) is 0. The number of rotatable bonds is 5. The molecule has 1 aliphatic heterocycles. The number of carbonyl (C=O) groups excluding carboxylic acids is 1. The lowest BCUT2D eigenvalue weighted by Crippen LogP contribution is -2.51. The van der Waals surface area contributed by atoms with Gasteiger partial charge in [-0.15, -0.1) is 10.2 Å². The number of amides is 1. The molecule has 2 heterocycles. The Labute approximate surface area is 230 Å². The number of aromatic nitrogens is 2. The second-order valence-electron chi connectivity index (χ2n) is 9.91. The number of ether oxygens (including phenoxy) is 3. The molecular formula is C25H25BrClF2N3O4S. The fourth-order valence-corrected chi connectivity index (χ4v) is 5.43. The van der Waals surface area contributed by atoms with Crippen molar-refractivity contribution in [1.82, 2.24) is 15.1 Å². The first-order chi connectivity index (χ1) is 17.2. The fourth-order valence-electron chi connectivity index (χ4n) is 3.80. The first kappa shape index (κ1) is 27.7. The molecule has 198 valence electrons. The first-order valence-electron chi connectivity index (χ1n) is 11.3. The normalized spacial score (nSPS) is 17.2. The van der Waals surface area contributed by atoms with Crippen molar-refractivity contribution in [3.05, 3.63) is 51.5 Å². The molecule has 1 aliphatic rings. The molecule has 0 aliphatic carbocycles. The highest BCUT2D eigenvalue weighted by atomic mass is 79.9. The maximum atomic E-state index is 15.0. The Balaban J connectivity index is 1.51. The third kappa shape index (κ3) is 6.39. The van der Waals surface area contributed by atoms with E-state index in [1.165, 1.54) is 29.2 Å². The van der Waals surface area contributed by atoms with Crippen LogP contribution in [0.2, 0.25) is 5.02 Å². The summed E-state index contributed by atoms with van der Waals surface area (Å²) in [6.45, 7) is 8.99. The van der Waals surface area contributed by atoms with Gasteiger partial charge in [0.05, 0.1) is 17.7 Å². The minimum absolute atomic E-state index is 0.0350. The van der Waals surface area contributed by atoms with Crippen molar-refractivity contribution in [2.75, 3.05) is 13.2 Å². The summed E-state index contributed by atoms with van der Waals surface area (Å²) >= 11 is 10.9. The third-order valence-corrected chi connectivity index (χ3v) is 7.16. The van der Waals surface area contributed by atoms with Gasteiger partial charge in [-0.05, 0) is 58.9 Å². The molecule has 3 aromatic rings. The quantitative estimate of drug-likeness (QED) is 0.299. The molecule has 0 radical (unpaired) electrons. The maximum Gasteiger partial charge on any atom is 0.413 e. The summed E-state index contributed by atoms with van der Waals surface area (Å²) in [5.74, 6) is -1.17. The van der Waals surface area contributed by atoms with Gasteiger partial charge in [-0.1, -0.05) is 38.9 Å². The molecule has 1 unspecified atom stereocenters. The molecule has 1 aromatic heterocycles. The molecular weight excluding hydrogens is 592 g/mol. The van der Waals surface area contributed by atoms with Crippen molar-refractivity contribution in [1.29, 1.82) is 0 Å². The maximum absolute atomic E-state index is 15.0. The van der Waals surface area contributed by atoms with Crippen LogP contribution in [0.25, 0.3) is 21.1 Å². The summed E-state index contributed by atoms with van der Waals surface area (Å²) in [6.07, 6.45) is -0.546. The Morgan fingerprint density at radius 3 is 2.59 bits per heavy atom. The average molecular weight is 617 g/mol. The minimum Gasteiger partial charge on any atom is -0.488 e. The number of benzene rings is 2. The predicted octanol–water partition coefficient (Wildman–Crippen LogP) is 7.32. The zero-order valence-electron chi connectivity index (χ0n) is 20.8. The fraction of sp³-hybridized carbons (Fsp3) is 0.400. The summed E-state index contributed by atoms with van der Waals surface area (Å²) < 4.78 is 46.4. The van der Waals surface area contributed by atoms with Gasteiger partial charge in [0, 0.05) is 21.7 Å². The van der Waals surface area contributed by atoms with Crippen molar-refractivity contribution in [2.24, 2.45) is 0 Å². The smallest absolute Gasteiger partial charge is 0.413 e.